The SMILES string of the molecule is CCOC(=O)C1=C(C)N=c2s/c(=C\c3cc(Br)c(OCc4ccccc4)c(OC)c3)c(=O)n2[C@@H]1c1ccccc1. The molecule has 5 rings (SSSR count). The van der Waals surface area contributed by atoms with Crippen LogP contribution in [0, 0.1) is 0 Å². The first kappa shape index (κ1) is 27.6. The van der Waals surface area contributed by atoms with Gasteiger partial charge in [0.2, 0.25) is 0 Å². The highest BCUT2D eigenvalue weighted by Gasteiger charge is 2.33. The van der Waals surface area contributed by atoms with Gasteiger partial charge < -0.3 is 14.2 Å². The number of halogens is 1. The van der Waals surface area contributed by atoms with E-state index >= 15 is 0 Å². The Bertz CT molecular complexity index is 1760. The van der Waals surface area contributed by atoms with Crippen molar-refractivity contribution in [1.82, 2.24) is 4.57 Å². The van der Waals surface area contributed by atoms with Gasteiger partial charge in [-0.3, -0.25) is 9.36 Å². The van der Waals surface area contributed by atoms with Crippen molar-refractivity contribution in [3.8, 4) is 11.5 Å². The Labute approximate surface area is 243 Å². The third-order valence-corrected chi connectivity index (χ3v) is 7.98. The summed E-state index contributed by atoms with van der Waals surface area (Å²) in [5.41, 5.74) is 3.23. The molecule has 0 spiro atoms. The minimum atomic E-state index is -0.645. The lowest BCUT2D eigenvalue weighted by molar-refractivity contribution is -0.139. The number of rotatable bonds is 8. The maximum atomic E-state index is 13.8. The molecule has 2 heterocycles. The largest absolute Gasteiger partial charge is 0.493 e. The number of allylic oxidation sites excluding steroid dienone is 1. The van der Waals surface area contributed by atoms with Gasteiger partial charge in [-0.25, -0.2) is 9.79 Å². The summed E-state index contributed by atoms with van der Waals surface area (Å²) >= 11 is 4.88. The summed E-state index contributed by atoms with van der Waals surface area (Å²) in [7, 11) is 1.58. The van der Waals surface area contributed by atoms with E-state index in [2.05, 4.69) is 20.9 Å². The zero-order valence-electron chi connectivity index (χ0n) is 22.2. The number of methoxy groups -OCH3 is 1. The summed E-state index contributed by atoms with van der Waals surface area (Å²) in [5.74, 6) is 0.627. The molecule has 0 radical (unpaired) electrons. The lowest BCUT2D eigenvalue weighted by Gasteiger charge is -2.24. The van der Waals surface area contributed by atoms with Crippen molar-refractivity contribution in [2.75, 3.05) is 13.7 Å². The predicted molar refractivity (Wildman–Crippen MR) is 158 cm³/mol. The second-order valence-corrected chi connectivity index (χ2v) is 10.9. The topological polar surface area (TPSA) is 79.1 Å². The number of thiazole rings is 1. The van der Waals surface area contributed by atoms with Gasteiger partial charge >= 0.3 is 5.97 Å². The molecule has 0 unspecified atom stereocenters. The predicted octanol–water partition coefficient (Wildman–Crippen LogP) is 5.15. The summed E-state index contributed by atoms with van der Waals surface area (Å²) in [6.45, 7) is 4.14. The zero-order chi connectivity index (χ0) is 28.2. The normalized spacial score (nSPS) is 14.9. The molecule has 9 heteroatoms. The zero-order valence-corrected chi connectivity index (χ0v) is 24.6. The molecule has 1 aliphatic heterocycles. The molecule has 7 nitrogen and oxygen atoms in total. The number of aromatic nitrogens is 1. The van der Waals surface area contributed by atoms with Gasteiger partial charge in [-0.2, -0.15) is 0 Å². The van der Waals surface area contributed by atoms with E-state index in [-0.39, 0.29) is 12.2 Å². The van der Waals surface area contributed by atoms with Crippen molar-refractivity contribution >= 4 is 39.3 Å². The molecule has 1 aromatic heterocycles. The molecule has 1 aliphatic rings. The summed E-state index contributed by atoms with van der Waals surface area (Å²) in [4.78, 5) is 32.0. The first-order chi connectivity index (χ1) is 19.4. The van der Waals surface area contributed by atoms with Crippen LogP contribution in [0.1, 0.15) is 36.6 Å². The Morgan fingerprint density at radius 3 is 2.48 bits per heavy atom. The first-order valence-electron chi connectivity index (χ1n) is 12.7. The molecule has 0 bridgehead atoms. The molecule has 3 aromatic carbocycles. The van der Waals surface area contributed by atoms with Crippen molar-refractivity contribution in [1.29, 1.82) is 0 Å². The molecule has 0 saturated carbocycles. The van der Waals surface area contributed by atoms with Gasteiger partial charge in [0.25, 0.3) is 5.56 Å². The van der Waals surface area contributed by atoms with Crippen LogP contribution >= 0.6 is 27.3 Å². The van der Waals surface area contributed by atoms with Gasteiger partial charge in [-0.05, 0) is 64.7 Å². The Balaban J connectivity index is 1.58. The maximum absolute atomic E-state index is 13.8. The molecular formula is C31H27BrN2O5S. The van der Waals surface area contributed by atoms with Crippen LogP contribution in [-0.4, -0.2) is 24.3 Å². The highest BCUT2D eigenvalue weighted by Crippen LogP contribution is 2.37. The van der Waals surface area contributed by atoms with Crippen LogP contribution in [0.15, 0.2) is 98.3 Å². The third kappa shape index (κ3) is 5.52. The quantitative estimate of drug-likeness (QED) is 0.255. The average Bonchev–Trinajstić information content (AvgIpc) is 3.26. The van der Waals surface area contributed by atoms with Crippen molar-refractivity contribution in [3.05, 3.63) is 125 Å². The van der Waals surface area contributed by atoms with Crippen molar-refractivity contribution < 1.29 is 19.0 Å². The molecule has 0 saturated heterocycles. The van der Waals surface area contributed by atoms with Crippen LogP contribution < -0.4 is 24.4 Å². The summed E-state index contributed by atoms with van der Waals surface area (Å²) in [6.07, 6.45) is 1.80. The number of hydrogen-bond donors (Lipinski definition) is 0. The molecular weight excluding hydrogens is 592 g/mol. The lowest BCUT2D eigenvalue weighted by Crippen LogP contribution is -2.39. The molecule has 204 valence electrons. The standard InChI is InChI=1S/C31H27BrN2O5S/c1-4-38-30(36)26-19(2)33-31-34(27(26)22-13-9-6-10-14-22)29(35)25(40-31)17-21-15-23(32)28(24(16-21)37-3)39-18-20-11-7-5-8-12-20/h5-17,27H,4,18H2,1-3H3/b25-17-/t27-/m1/s1. The van der Waals surface area contributed by atoms with Crippen LogP contribution in [0.25, 0.3) is 6.08 Å². The van der Waals surface area contributed by atoms with E-state index in [1.165, 1.54) is 11.3 Å². The minimum absolute atomic E-state index is 0.226. The maximum Gasteiger partial charge on any atom is 0.338 e. The Morgan fingerprint density at radius 1 is 1.10 bits per heavy atom. The second-order valence-electron chi connectivity index (χ2n) is 9.02. The summed E-state index contributed by atoms with van der Waals surface area (Å²) < 4.78 is 19.8. The molecule has 4 aromatic rings. The summed E-state index contributed by atoms with van der Waals surface area (Å²) in [6, 6.07) is 22.4. The smallest absolute Gasteiger partial charge is 0.338 e. The molecule has 0 N–H and O–H groups in total. The molecule has 0 aliphatic carbocycles. The highest BCUT2D eigenvalue weighted by atomic mass is 79.9. The van der Waals surface area contributed by atoms with E-state index in [0.717, 1.165) is 16.7 Å². The van der Waals surface area contributed by atoms with Gasteiger partial charge in [0, 0.05) is 0 Å². The number of nitrogens with zero attached hydrogens (tertiary/aromatic N) is 2. The molecule has 0 amide bonds. The number of hydrogen-bond acceptors (Lipinski definition) is 7. The number of esters is 1. The van der Waals surface area contributed by atoms with E-state index in [4.69, 9.17) is 14.2 Å². The minimum Gasteiger partial charge on any atom is -0.493 e. The first-order valence-corrected chi connectivity index (χ1v) is 14.3. The third-order valence-electron chi connectivity index (χ3n) is 6.41. The Hall–Kier alpha value is -3.95. The van der Waals surface area contributed by atoms with Crippen molar-refractivity contribution in [3.63, 3.8) is 0 Å². The monoisotopic (exact) mass is 618 g/mol. The Kier molecular flexibility index (Phi) is 8.32. The van der Waals surface area contributed by atoms with Crippen LogP contribution in [0.3, 0.4) is 0 Å². The fourth-order valence-electron chi connectivity index (χ4n) is 4.59. The second kappa shape index (κ2) is 12.1. The van der Waals surface area contributed by atoms with E-state index in [1.54, 1.807) is 31.6 Å². The van der Waals surface area contributed by atoms with E-state index in [0.29, 0.717) is 43.2 Å². The molecule has 40 heavy (non-hydrogen) atoms. The van der Waals surface area contributed by atoms with Crippen molar-refractivity contribution in [2.24, 2.45) is 4.99 Å². The number of carbonyl (C=O) groups is 1. The van der Waals surface area contributed by atoms with Gasteiger partial charge in [-0.1, -0.05) is 72.0 Å². The molecule has 1 atom stereocenters. The van der Waals surface area contributed by atoms with Crippen molar-refractivity contribution in [2.45, 2.75) is 26.5 Å². The fraction of sp³-hybridized carbons (Fsp3) is 0.194. The van der Waals surface area contributed by atoms with Crippen LogP contribution in [0.5, 0.6) is 11.5 Å². The van der Waals surface area contributed by atoms with Crippen LogP contribution in [0.4, 0.5) is 0 Å². The number of ether oxygens (including phenoxy) is 3. The Morgan fingerprint density at radius 2 is 1.80 bits per heavy atom. The van der Waals surface area contributed by atoms with Crippen LogP contribution in [-0.2, 0) is 16.1 Å². The van der Waals surface area contributed by atoms with E-state index in [1.807, 2.05) is 72.8 Å². The van der Waals surface area contributed by atoms with E-state index in [9.17, 15) is 9.59 Å². The van der Waals surface area contributed by atoms with Gasteiger partial charge in [-0.15, -0.1) is 0 Å². The molecule has 0 fully saturated rings. The summed E-state index contributed by atoms with van der Waals surface area (Å²) in [5, 5.41) is 0. The fourth-order valence-corrected chi connectivity index (χ4v) is 6.21. The lowest BCUT2D eigenvalue weighted by atomic mass is 9.96. The average molecular weight is 620 g/mol. The van der Waals surface area contributed by atoms with Gasteiger partial charge in [0.15, 0.2) is 16.3 Å². The van der Waals surface area contributed by atoms with Gasteiger partial charge in [0.05, 0.1) is 40.0 Å². The van der Waals surface area contributed by atoms with Gasteiger partial charge in [0.1, 0.15) is 6.61 Å². The number of carbonyl (C=O) groups excluding carboxylic acids is 1. The van der Waals surface area contributed by atoms with Crippen LogP contribution in [0.2, 0.25) is 0 Å². The number of benzene rings is 3. The number of fused-ring (bicyclic) bond motifs is 1. The van der Waals surface area contributed by atoms with E-state index < -0.39 is 12.0 Å². The highest BCUT2D eigenvalue weighted by molar-refractivity contribution is 9.10.